The van der Waals surface area contributed by atoms with Gasteiger partial charge in [0.1, 0.15) is 23.2 Å². The minimum absolute atomic E-state index is 0.187. The normalized spacial score (nSPS) is 14.3. The monoisotopic (exact) mass is 539 g/mol. The minimum atomic E-state index is -0.722. The number of carbonyl (C=O) groups is 1. The molecule has 3 aromatic carbocycles. The van der Waals surface area contributed by atoms with E-state index in [4.69, 9.17) is 9.84 Å². The molecule has 0 saturated carbocycles. The number of nitrogens with one attached hydrogen (secondary N) is 1. The number of halogens is 2. The van der Waals surface area contributed by atoms with Gasteiger partial charge in [-0.15, -0.1) is 0 Å². The van der Waals surface area contributed by atoms with Crippen molar-refractivity contribution in [1.29, 1.82) is 0 Å². The lowest BCUT2D eigenvalue weighted by Gasteiger charge is -2.31. The lowest BCUT2D eigenvalue weighted by molar-refractivity contribution is 0.194. The molecule has 1 N–H and O–H groups in total. The van der Waals surface area contributed by atoms with Crippen LogP contribution in [0.25, 0.3) is 11.5 Å². The Kier molecular flexibility index (Phi) is 6.55. The number of anilines is 1. The number of aromatic nitrogens is 3. The first-order chi connectivity index (χ1) is 19.5. The molecule has 7 nitrogen and oxygen atoms in total. The molecule has 0 spiro atoms. The van der Waals surface area contributed by atoms with Gasteiger partial charge < -0.3 is 19.5 Å². The number of ether oxygens (including phenoxy) is 1. The number of aryl methyl sites for hydroxylation is 1. The highest BCUT2D eigenvalue weighted by Gasteiger charge is 2.36. The molecule has 2 aromatic heterocycles. The van der Waals surface area contributed by atoms with Crippen LogP contribution in [0.4, 0.5) is 19.3 Å². The van der Waals surface area contributed by atoms with Crippen LogP contribution in [0.1, 0.15) is 35.5 Å². The zero-order chi connectivity index (χ0) is 27.8. The van der Waals surface area contributed by atoms with Crippen molar-refractivity contribution in [2.75, 3.05) is 12.4 Å². The van der Waals surface area contributed by atoms with Gasteiger partial charge in [0.25, 0.3) is 0 Å². The second kappa shape index (κ2) is 10.3. The van der Waals surface area contributed by atoms with Crippen LogP contribution < -0.4 is 10.1 Å². The Labute approximate surface area is 230 Å². The van der Waals surface area contributed by atoms with Crippen LogP contribution in [0.15, 0.2) is 91.1 Å². The molecule has 40 heavy (non-hydrogen) atoms. The van der Waals surface area contributed by atoms with E-state index in [1.54, 1.807) is 12.0 Å². The maximum absolute atomic E-state index is 14.6. The SMILES string of the molecule is CCc1nn(-c2ccccc2)c2c1CN(C(=O)Nc1cc(F)ccc1F)C(c1ccc(OC)cc1)c1cccn1-2. The van der Waals surface area contributed by atoms with E-state index in [0.29, 0.717) is 12.2 Å². The Morgan fingerprint density at radius 3 is 2.52 bits per heavy atom. The Hall–Kier alpha value is -4.92. The first-order valence-corrected chi connectivity index (χ1v) is 13.0. The summed E-state index contributed by atoms with van der Waals surface area (Å²) >= 11 is 0. The summed E-state index contributed by atoms with van der Waals surface area (Å²) in [7, 11) is 1.59. The molecule has 9 heteroatoms. The summed E-state index contributed by atoms with van der Waals surface area (Å²) in [6.07, 6.45) is 2.60. The number of fused-ring (bicyclic) bond motifs is 3. The van der Waals surface area contributed by atoms with Crippen LogP contribution in [0.2, 0.25) is 0 Å². The van der Waals surface area contributed by atoms with Crippen molar-refractivity contribution in [1.82, 2.24) is 19.2 Å². The van der Waals surface area contributed by atoms with Gasteiger partial charge in [-0.25, -0.2) is 18.3 Å². The van der Waals surface area contributed by atoms with E-state index in [1.165, 1.54) is 0 Å². The second-order valence-corrected chi connectivity index (χ2v) is 9.51. The molecule has 1 atom stereocenters. The quantitative estimate of drug-likeness (QED) is 0.272. The average Bonchev–Trinajstić information content (AvgIpc) is 3.56. The van der Waals surface area contributed by atoms with E-state index >= 15 is 0 Å². The molecule has 2 amide bonds. The van der Waals surface area contributed by atoms with Gasteiger partial charge in [0, 0.05) is 17.8 Å². The summed E-state index contributed by atoms with van der Waals surface area (Å²) in [5, 5.41) is 7.55. The third-order valence-electron chi connectivity index (χ3n) is 7.17. The van der Waals surface area contributed by atoms with E-state index < -0.39 is 23.7 Å². The molecule has 0 aliphatic carbocycles. The number of urea groups is 1. The molecule has 0 saturated heterocycles. The minimum Gasteiger partial charge on any atom is -0.497 e. The smallest absolute Gasteiger partial charge is 0.323 e. The van der Waals surface area contributed by atoms with Crippen molar-refractivity contribution in [3.63, 3.8) is 0 Å². The zero-order valence-corrected chi connectivity index (χ0v) is 22.0. The molecular formula is C31H27F2N5O2. The second-order valence-electron chi connectivity index (χ2n) is 9.51. The van der Waals surface area contributed by atoms with Crippen molar-refractivity contribution < 1.29 is 18.3 Å². The summed E-state index contributed by atoms with van der Waals surface area (Å²) < 4.78 is 37.9. The molecule has 5 aromatic rings. The summed E-state index contributed by atoms with van der Waals surface area (Å²) in [5.41, 5.74) is 4.02. The number of hydrogen-bond donors (Lipinski definition) is 1. The lowest BCUT2D eigenvalue weighted by atomic mass is 10.0. The molecular weight excluding hydrogens is 512 g/mol. The topological polar surface area (TPSA) is 64.3 Å². The number of methoxy groups -OCH3 is 1. The maximum atomic E-state index is 14.6. The number of para-hydroxylation sites is 1. The number of amides is 2. The number of rotatable bonds is 5. The van der Waals surface area contributed by atoms with Crippen molar-refractivity contribution in [3.05, 3.63) is 125 Å². The summed E-state index contributed by atoms with van der Waals surface area (Å²) in [6, 6.07) is 23.1. The highest BCUT2D eigenvalue weighted by molar-refractivity contribution is 5.90. The van der Waals surface area contributed by atoms with Crippen LogP contribution in [0.3, 0.4) is 0 Å². The summed E-state index contributed by atoms with van der Waals surface area (Å²) in [4.78, 5) is 15.6. The highest BCUT2D eigenvalue weighted by atomic mass is 19.1. The van der Waals surface area contributed by atoms with Crippen LogP contribution >= 0.6 is 0 Å². The third-order valence-corrected chi connectivity index (χ3v) is 7.17. The molecule has 1 unspecified atom stereocenters. The van der Waals surface area contributed by atoms with Gasteiger partial charge >= 0.3 is 6.03 Å². The maximum Gasteiger partial charge on any atom is 0.323 e. The number of carbonyl (C=O) groups excluding carboxylic acids is 1. The molecule has 6 rings (SSSR count). The fraction of sp³-hybridized carbons (Fsp3) is 0.161. The Morgan fingerprint density at radius 2 is 1.80 bits per heavy atom. The fourth-order valence-corrected chi connectivity index (χ4v) is 5.27. The van der Waals surface area contributed by atoms with Crippen molar-refractivity contribution >= 4 is 11.7 Å². The van der Waals surface area contributed by atoms with Gasteiger partial charge in [0.15, 0.2) is 0 Å². The third kappa shape index (κ3) is 4.39. The molecule has 0 bridgehead atoms. The predicted octanol–water partition coefficient (Wildman–Crippen LogP) is 6.65. The van der Waals surface area contributed by atoms with Gasteiger partial charge in [-0.1, -0.05) is 37.3 Å². The van der Waals surface area contributed by atoms with E-state index in [-0.39, 0.29) is 12.2 Å². The molecule has 1 aliphatic rings. The molecule has 0 radical (unpaired) electrons. The Bertz CT molecular complexity index is 1680. The first-order valence-electron chi connectivity index (χ1n) is 13.0. The van der Waals surface area contributed by atoms with E-state index in [1.807, 2.05) is 84.5 Å². The average molecular weight is 540 g/mol. The zero-order valence-electron chi connectivity index (χ0n) is 22.0. The van der Waals surface area contributed by atoms with Crippen molar-refractivity contribution in [2.45, 2.75) is 25.9 Å². The molecule has 202 valence electrons. The number of nitrogens with zero attached hydrogens (tertiary/aromatic N) is 4. The van der Waals surface area contributed by atoms with Gasteiger partial charge in [0.05, 0.1) is 42.5 Å². The fourth-order valence-electron chi connectivity index (χ4n) is 5.27. The van der Waals surface area contributed by atoms with Crippen LogP contribution in [-0.4, -0.2) is 32.4 Å². The standard InChI is InChI=1S/C31H27F2N5O2/c1-3-26-24-19-37(31(39)34-27-18-21(32)13-16-25(27)33)29(20-11-14-23(40-2)15-12-20)28-10-7-17-36(28)30(24)38(35-26)22-8-5-4-6-9-22/h4-18,29H,3,19H2,1-2H3,(H,34,39). The Morgan fingerprint density at radius 1 is 1.02 bits per heavy atom. The summed E-state index contributed by atoms with van der Waals surface area (Å²) in [6.45, 7) is 2.21. The van der Waals surface area contributed by atoms with Gasteiger partial charge in [0.2, 0.25) is 0 Å². The number of hydrogen-bond acceptors (Lipinski definition) is 3. The highest BCUT2D eigenvalue weighted by Crippen LogP contribution is 2.39. The summed E-state index contributed by atoms with van der Waals surface area (Å²) in [5.74, 6) is 0.143. The van der Waals surface area contributed by atoms with Crippen molar-refractivity contribution in [3.8, 4) is 17.3 Å². The van der Waals surface area contributed by atoms with Gasteiger partial charge in [-0.2, -0.15) is 5.10 Å². The van der Waals surface area contributed by atoms with Crippen LogP contribution in [-0.2, 0) is 13.0 Å². The molecule has 1 aliphatic heterocycles. The van der Waals surface area contributed by atoms with Crippen LogP contribution in [0.5, 0.6) is 5.75 Å². The van der Waals surface area contributed by atoms with Crippen molar-refractivity contribution in [2.24, 2.45) is 0 Å². The predicted molar refractivity (Wildman–Crippen MR) is 148 cm³/mol. The van der Waals surface area contributed by atoms with E-state index in [2.05, 4.69) is 9.88 Å². The molecule has 3 heterocycles. The lowest BCUT2D eigenvalue weighted by Crippen LogP contribution is -2.38. The van der Waals surface area contributed by atoms with E-state index in [0.717, 1.165) is 52.2 Å². The largest absolute Gasteiger partial charge is 0.497 e. The first kappa shape index (κ1) is 25.4. The molecule has 0 fully saturated rings. The van der Waals surface area contributed by atoms with Gasteiger partial charge in [-0.05, 0) is 60.5 Å². The number of benzene rings is 3. The van der Waals surface area contributed by atoms with Crippen LogP contribution in [0, 0.1) is 11.6 Å². The van der Waals surface area contributed by atoms with Gasteiger partial charge in [-0.3, -0.25) is 0 Å². The van der Waals surface area contributed by atoms with E-state index in [9.17, 15) is 13.6 Å². The Balaban J connectivity index is 1.55.